The van der Waals surface area contributed by atoms with Gasteiger partial charge >= 0.3 is 0 Å². The number of halogens is 1. The number of methoxy groups -OCH3 is 1. The van der Waals surface area contributed by atoms with Crippen LogP contribution in [0.25, 0.3) is 0 Å². The summed E-state index contributed by atoms with van der Waals surface area (Å²) < 4.78 is 19.2. The van der Waals surface area contributed by atoms with Crippen LogP contribution in [0.2, 0.25) is 0 Å². The van der Waals surface area contributed by atoms with E-state index in [2.05, 4.69) is 0 Å². The zero-order valence-electron chi connectivity index (χ0n) is 11.3. The molecule has 0 amide bonds. The molecule has 0 aliphatic heterocycles. The van der Waals surface area contributed by atoms with E-state index in [1.165, 1.54) is 13.2 Å². The Hall–Kier alpha value is -1.87. The Morgan fingerprint density at radius 2 is 1.79 bits per heavy atom. The topological polar surface area (TPSA) is 29.5 Å². The minimum absolute atomic E-state index is 0.247. The van der Waals surface area contributed by atoms with Gasteiger partial charge in [0.05, 0.1) is 7.11 Å². The predicted octanol–water partition coefficient (Wildman–Crippen LogP) is 3.40. The number of rotatable bonds is 3. The standard InChI is InChI=1S/C16H17FO2/c1-11-8-9-14(17)13(10-11)16(2,18)12-6-4-5-7-15(12)19-3/h4-10,18H,1-3H3. The van der Waals surface area contributed by atoms with E-state index in [-0.39, 0.29) is 5.56 Å². The number of aryl methyl sites for hydroxylation is 1. The summed E-state index contributed by atoms with van der Waals surface area (Å²) in [5, 5.41) is 10.8. The SMILES string of the molecule is COc1ccccc1C(C)(O)c1cc(C)ccc1F. The molecule has 2 rings (SSSR count). The first kappa shape index (κ1) is 13.6. The molecule has 0 aromatic heterocycles. The monoisotopic (exact) mass is 260 g/mol. The van der Waals surface area contributed by atoms with Crippen molar-refractivity contribution in [1.29, 1.82) is 0 Å². The maximum absolute atomic E-state index is 14.0. The zero-order chi connectivity index (χ0) is 14.0. The molecule has 19 heavy (non-hydrogen) atoms. The molecular formula is C16H17FO2. The molecular weight excluding hydrogens is 243 g/mol. The predicted molar refractivity (Wildman–Crippen MR) is 72.8 cm³/mol. The van der Waals surface area contributed by atoms with E-state index in [4.69, 9.17) is 4.74 Å². The van der Waals surface area contributed by atoms with Gasteiger partial charge < -0.3 is 9.84 Å². The number of ether oxygens (including phenoxy) is 1. The quantitative estimate of drug-likeness (QED) is 0.916. The molecule has 100 valence electrons. The van der Waals surface area contributed by atoms with Gasteiger partial charge in [-0.3, -0.25) is 0 Å². The van der Waals surface area contributed by atoms with Crippen LogP contribution in [-0.4, -0.2) is 12.2 Å². The van der Waals surface area contributed by atoms with Gasteiger partial charge in [0.2, 0.25) is 0 Å². The lowest BCUT2D eigenvalue weighted by molar-refractivity contribution is 0.0947. The summed E-state index contributed by atoms with van der Waals surface area (Å²) in [7, 11) is 1.53. The molecule has 0 saturated heterocycles. The van der Waals surface area contributed by atoms with Crippen LogP contribution >= 0.6 is 0 Å². The first-order valence-corrected chi connectivity index (χ1v) is 6.09. The molecule has 0 radical (unpaired) electrons. The van der Waals surface area contributed by atoms with Crippen LogP contribution in [0.4, 0.5) is 4.39 Å². The largest absolute Gasteiger partial charge is 0.496 e. The van der Waals surface area contributed by atoms with Gasteiger partial charge in [-0.15, -0.1) is 0 Å². The van der Waals surface area contributed by atoms with Crippen molar-refractivity contribution >= 4 is 0 Å². The molecule has 0 heterocycles. The second-order valence-corrected chi connectivity index (χ2v) is 4.76. The molecule has 0 aliphatic carbocycles. The van der Waals surface area contributed by atoms with E-state index in [0.29, 0.717) is 11.3 Å². The number of hydrogen-bond acceptors (Lipinski definition) is 2. The van der Waals surface area contributed by atoms with Crippen LogP contribution in [0.5, 0.6) is 5.75 Å². The molecule has 2 aromatic rings. The maximum Gasteiger partial charge on any atom is 0.129 e. The zero-order valence-corrected chi connectivity index (χ0v) is 11.3. The van der Waals surface area contributed by atoms with E-state index in [9.17, 15) is 9.50 Å². The summed E-state index contributed by atoms with van der Waals surface area (Å²) in [4.78, 5) is 0. The second kappa shape index (κ2) is 5.02. The van der Waals surface area contributed by atoms with Gasteiger partial charge in [0, 0.05) is 11.1 Å². The number of hydrogen-bond donors (Lipinski definition) is 1. The lowest BCUT2D eigenvalue weighted by Crippen LogP contribution is -2.25. The lowest BCUT2D eigenvalue weighted by atomic mass is 9.86. The fraction of sp³-hybridized carbons (Fsp3) is 0.250. The van der Waals surface area contributed by atoms with Gasteiger partial charge in [-0.2, -0.15) is 0 Å². The molecule has 0 fully saturated rings. The normalized spacial score (nSPS) is 13.9. The van der Waals surface area contributed by atoms with Gasteiger partial charge in [-0.1, -0.05) is 29.8 Å². The Morgan fingerprint density at radius 1 is 1.11 bits per heavy atom. The van der Waals surface area contributed by atoms with Crippen molar-refractivity contribution in [2.45, 2.75) is 19.4 Å². The molecule has 2 aromatic carbocycles. The summed E-state index contributed by atoms with van der Waals surface area (Å²) >= 11 is 0. The molecule has 2 nitrogen and oxygen atoms in total. The Morgan fingerprint density at radius 3 is 2.47 bits per heavy atom. The van der Waals surface area contributed by atoms with Crippen LogP contribution in [0.3, 0.4) is 0 Å². The van der Waals surface area contributed by atoms with Crippen LogP contribution in [0.15, 0.2) is 42.5 Å². The van der Waals surface area contributed by atoms with Gasteiger partial charge in [0.15, 0.2) is 0 Å². The Labute approximate surface area is 112 Å². The lowest BCUT2D eigenvalue weighted by Gasteiger charge is -2.27. The van der Waals surface area contributed by atoms with Crippen molar-refractivity contribution in [2.75, 3.05) is 7.11 Å². The summed E-state index contributed by atoms with van der Waals surface area (Å²) in [6.07, 6.45) is 0. The minimum atomic E-state index is -1.44. The smallest absolute Gasteiger partial charge is 0.129 e. The van der Waals surface area contributed by atoms with Crippen molar-refractivity contribution in [1.82, 2.24) is 0 Å². The van der Waals surface area contributed by atoms with Gasteiger partial charge in [0.1, 0.15) is 17.2 Å². The highest BCUT2D eigenvalue weighted by Gasteiger charge is 2.31. The Kier molecular flexibility index (Phi) is 3.58. The fourth-order valence-electron chi connectivity index (χ4n) is 2.20. The number of para-hydroxylation sites is 1. The highest BCUT2D eigenvalue weighted by molar-refractivity contribution is 5.45. The van der Waals surface area contributed by atoms with Crippen molar-refractivity contribution in [3.05, 3.63) is 65.0 Å². The summed E-state index contributed by atoms with van der Waals surface area (Å²) in [6.45, 7) is 3.43. The van der Waals surface area contributed by atoms with Crippen LogP contribution in [0.1, 0.15) is 23.6 Å². The third-order valence-corrected chi connectivity index (χ3v) is 3.28. The number of aliphatic hydroxyl groups is 1. The van der Waals surface area contributed by atoms with Gasteiger partial charge in [-0.05, 0) is 32.0 Å². The van der Waals surface area contributed by atoms with Crippen LogP contribution in [-0.2, 0) is 5.60 Å². The Bertz CT molecular complexity index is 591. The van der Waals surface area contributed by atoms with Crippen molar-refractivity contribution in [2.24, 2.45) is 0 Å². The molecule has 3 heteroatoms. The summed E-state index contributed by atoms with van der Waals surface area (Å²) in [5.41, 5.74) is 0.244. The van der Waals surface area contributed by atoms with Gasteiger partial charge in [-0.25, -0.2) is 4.39 Å². The first-order valence-electron chi connectivity index (χ1n) is 6.09. The van der Waals surface area contributed by atoms with E-state index < -0.39 is 11.4 Å². The average molecular weight is 260 g/mol. The Balaban J connectivity index is 2.61. The molecule has 1 unspecified atom stereocenters. The molecule has 1 N–H and O–H groups in total. The highest BCUT2D eigenvalue weighted by Crippen LogP contribution is 2.36. The number of benzene rings is 2. The van der Waals surface area contributed by atoms with Crippen molar-refractivity contribution in [3.8, 4) is 5.75 Å². The second-order valence-electron chi connectivity index (χ2n) is 4.76. The van der Waals surface area contributed by atoms with E-state index in [1.54, 1.807) is 37.3 Å². The summed E-state index contributed by atoms with van der Waals surface area (Å²) in [6, 6.07) is 11.8. The van der Waals surface area contributed by atoms with E-state index >= 15 is 0 Å². The van der Waals surface area contributed by atoms with Crippen molar-refractivity contribution < 1.29 is 14.2 Å². The van der Waals surface area contributed by atoms with E-state index in [1.807, 2.05) is 13.0 Å². The van der Waals surface area contributed by atoms with Crippen molar-refractivity contribution in [3.63, 3.8) is 0 Å². The average Bonchev–Trinajstić information content (AvgIpc) is 2.41. The molecule has 1 atom stereocenters. The van der Waals surface area contributed by atoms with Crippen LogP contribution < -0.4 is 4.74 Å². The third-order valence-electron chi connectivity index (χ3n) is 3.28. The van der Waals surface area contributed by atoms with Crippen LogP contribution in [0, 0.1) is 12.7 Å². The highest BCUT2D eigenvalue weighted by atomic mass is 19.1. The molecule has 0 aliphatic rings. The maximum atomic E-state index is 14.0. The minimum Gasteiger partial charge on any atom is -0.496 e. The third kappa shape index (κ3) is 2.47. The fourth-order valence-corrected chi connectivity index (χ4v) is 2.20. The molecule has 0 bridgehead atoms. The first-order chi connectivity index (χ1) is 8.96. The summed E-state index contributed by atoms with van der Waals surface area (Å²) in [5.74, 6) is 0.106. The molecule has 0 saturated carbocycles. The van der Waals surface area contributed by atoms with E-state index in [0.717, 1.165) is 5.56 Å². The molecule has 0 spiro atoms. The van der Waals surface area contributed by atoms with Gasteiger partial charge in [0.25, 0.3) is 0 Å².